The number of aliphatic hydroxyl groups is 1. The van der Waals surface area contributed by atoms with E-state index in [0.717, 1.165) is 6.54 Å². The monoisotopic (exact) mass is 259 g/mol. The zero-order valence-electron chi connectivity index (χ0n) is 11.6. The molecule has 2 nitrogen and oxygen atoms in total. The molecule has 0 spiro atoms. The molecule has 2 atom stereocenters. The largest absolute Gasteiger partial charge is 0.396 e. The van der Waals surface area contributed by atoms with Gasteiger partial charge in [-0.3, -0.25) is 0 Å². The van der Waals surface area contributed by atoms with Crippen molar-refractivity contribution in [3.05, 3.63) is 35.9 Å². The molecule has 104 valence electrons. The number of aliphatic hydroxyl groups excluding tert-OH is 1. The Hall–Kier alpha value is -0.860. The van der Waals surface area contributed by atoms with E-state index >= 15 is 0 Å². The van der Waals surface area contributed by atoms with Crippen molar-refractivity contribution in [3.63, 3.8) is 0 Å². The summed E-state index contributed by atoms with van der Waals surface area (Å²) in [7, 11) is 0. The van der Waals surface area contributed by atoms with Gasteiger partial charge < -0.3 is 10.4 Å². The van der Waals surface area contributed by atoms with Crippen LogP contribution in [-0.4, -0.2) is 24.3 Å². The lowest BCUT2D eigenvalue weighted by atomic mass is 9.80. The van der Waals surface area contributed by atoms with Gasteiger partial charge in [0.05, 0.1) is 0 Å². The Balaban J connectivity index is 1.64. The molecule has 2 saturated carbocycles. The summed E-state index contributed by atoms with van der Waals surface area (Å²) in [5.74, 6) is 0.657. The van der Waals surface area contributed by atoms with Gasteiger partial charge >= 0.3 is 0 Å². The van der Waals surface area contributed by atoms with Crippen molar-refractivity contribution < 1.29 is 5.11 Å². The van der Waals surface area contributed by atoms with Gasteiger partial charge in [0, 0.05) is 24.6 Å². The normalized spacial score (nSPS) is 29.1. The molecule has 19 heavy (non-hydrogen) atoms. The second-order valence-electron chi connectivity index (χ2n) is 6.45. The van der Waals surface area contributed by atoms with Gasteiger partial charge in [-0.15, -0.1) is 0 Å². The van der Waals surface area contributed by atoms with Crippen LogP contribution in [0.1, 0.15) is 50.0 Å². The quantitative estimate of drug-likeness (QED) is 0.851. The highest BCUT2D eigenvalue weighted by Crippen LogP contribution is 2.45. The second-order valence-corrected chi connectivity index (χ2v) is 6.45. The van der Waals surface area contributed by atoms with E-state index < -0.39 is 0 Å². The highest BCUT2D eigenvalue weighted by atomic mass is 16.3. The molecule has 1 aromatic rings. The van der Waals surface area contributed by atoms with Crippen LogP contribution in [0.25, 0.3) is 0 Å². The summed E-state index contributed by atoms with van der Waals surface area (Å²) in [6.45, 7) is 1.35. The number of rotatable bonds is 5. The highest BCUT2D eigenvalue weighted by Gasteiger charge is 2.42. The van der Waals surface area contributed by atoms with Gasteiger partial charge in [0.15, 0.2) is 0 Å². The molecule has 2 fully saturated rings. The van der Waals surface area contributed by atoms with Crippen LogP contribution in [0.4, 0.5) is 0 Å². The molecule has 0 amide bonds. The standard InChI is InChI=1S/C17H25NO/c19-13-17(10-11-17)12-18-16-9-5-4-8-15(16)14-6-2-1-3-7-14/h1-3,6-7,15-16,18-19H,4-5,8-13H2. The maximum atomic E-state index is 9.43. The zero-order valence-corrected chi connectivity index (χ0v) is 11.6. The Kier molecular flexibility index (Phi) is 3.90. The summed E-state index contributed by atoms with van der Waals surface area (Å²) in [6, 6.07) is 11.5. The number of benzene rings is 1. The van der Waals surface area contributed by atoms with E-state index in [1.807, 2.05) is 0 Å². The lowest BCUT2D eigenvalue weighted by Crippen LogP contribution is -2.41. The summed E-state index contributed by atoms with van der Waals surface area (Å²) in [5, 5.41) is 13.2. The fourth-order valence-electron chi connectivity index (χ4n) is 3.39. The predicted octanol–water partition coefficient (Wildman–Crippen LogP) is 3.07. The summed E-state index contributed by atoms with van der Waals surface area (Å²) in [5.41, 5.74) is 1.70. The van der Waals surface area contributed by atoms with Crippen LogP contribution in [0.15, 0.2) is 30.3 Å². The van der Waals surface area contributed by atoms with Gasteiger partial charge in [0.25, 0.3) is 0 Å². The van der Waals surface area contributed by atoms with E-state index in [9.17, 15) is 5.11 Å². The van der Waals surface area contributed by atoms with E-state index in [1.54, 1.807) is 0 Å². The molecule has 0 aromatic heterocycles. The zero-order chi connectivity index (χ0) is 13.1. The number of hydrogen-bond acceptors (Lipinski definition) is 2. The van der Waals surface area contributed by atoms with E-state index in [-0.39, 0.29) is 5.41 Å². The van der Waals surface area contributed by atoms with Gasteiger partial charge in [-0.05, 0) is 37.2 Å². The number of hydrogen-bond donors (Lipinski definition) is 2. The predicted molar refractivity (Wildman–Crippen MR) is 78.2 cm³/mol. The Morgan fingerprint density at radius 3 is 2.53 bits per heavy atom. The van der Waals surface area contributed by atoms with E-state index in [1.165, 1.54) is 44.1 Å². The average molecular weight is 259 g/mol. The van der Waals surface area contributed by atoms with Crippen LogP contribution in [-0.2, 0) is 0 Å². The molecule has 2 heteroatoms. The van der Waals surface area contributed by atoms with Crippen molar-refractivity contribution in [1.29, 1.82) is 0 Å². The third-order valence-electron chi connectivity index (χ3n) is 5.03. The van der Waals surface area contributed by atoms with Crippen molar-refractivity contribution >= 4 is 0 Å². The summed E-state index contributed by atoms with van der Waals surface area (Å²) >= 11 is 0. The summed E-state index contributed by atoms with van der Waals surface area (Å²) in [6.07, 6.45) is 7.66. The molecular weight excluding hydrogens is 234 g/mol. The first kappa shape index (κ1) is 13.1. The SMILES string of the molecule is OCC1(CNC2CCCCC2c2ccccc2)CC1. The van der Waals surface area contributed by atoms with Crippen molar-refractivity contribution in [2.24, 2.45) is 5.41 Å². The van der Waals surface area contributed by atoms with E-state index in [0.29, 0.717) is 18.6 Å². The van der Waals surface area contributed by atoms with E-state index in [2.05, 4.69) is 35.6 Å². The minimum absolute atomic E-state index is 0.221. The molecule has 1 aromatic carbocycles. The van der Waals surface area contributed by atoms with Crippen molar-refractivity contribution in [2.75, 3.05) is 13.2 Å². The van der Waals surface area contributed by atoms with Crippen LogP contribution in [0.5, 0.6) is 0 Å². The van der Waals surface area contributed by atoms with Crippen molar-refractivity contribution in [3.8, 4) is 0 Å². The average Bonchev–Trinajstić information content (AvgIpc) is 3.27. The third-order valence-corrected chi connectivity index (χ3v) is 5.03. The van der Waals surface area contributed by atoms with Gasteiger partial charge in [0.2, 0.25) is 0 Å². The smallest absolute Gasteiger partial charge is 0.0499 e. The molecule has 3 rings (SSSR count). The minimum atomic E-state index is 0.221. The summed E-state index contributed by atoms with van der Waals surface area (Å²) < 4.78 is 0. The first-order valence-electron chi connectivity index (χ1n) is 7.72. The lowest BCUT2D eigenvalue weighted by molar-refractivity contribution is 0.196. The molecule has 0 heterocycles. The fourth-order valence-corrected chi connectivity index (χ4v) is 3.39. The highest BCUT2D eigenvalue weighted by molar-refractivity contribution is 5.22. The summed E-state index contributed by atoms with van der Waals surface area (Å²) in [4.78, 5) is 0. The Labute approximate surface area is 116 Å². The first-order valence-corrected chi connectivity index (χ1v) is 7.72. The molecule has 0 aliphatic heterocycles. The molecule has 0 bridgehead atoms. The minimum Gasteiger partial charge on any atom is -0.396 e. The Morgan fingerprint density at radius 2 is 1.84 bits per heavy atom. The van der Waals surface area contributed by atoms with Crippen LogP contribution < -0.4 is 5.32 Å². The van der Waals surface area contributed by atoms with Crippen LogP contribution in [0, 0.1) is 5.41 Å². The van der Waals surface area contributed by atoms with Crippen molar-refractivity contribution in [2.45, 2.75) is 50.5 Å². The third kappa shape index (κ3) is 3.01. The van der Waals surface area contributed by atoms with Crippen LogP contribution in [0.2, 0.25) is 0 Å². The first-order chi connectivity index (χ1) is 9.33. The molecule has 2 N–H and O–H groups in total. The molecule has 0 saturated heterocycles. The molecular formula is C17H25NO. The van der Waals surface area contributed by atoms with Crippen LogP contribution in [0.3, 0.4) is 0 Å². The van der Waals surface area contributed by atoms with Crippen LogP contribution >= 0.6 is 0 Å². The molecule has 2 unspecified atom stereocenters. The topological polar surface area (TPSA) is 32.3 Å². The van der Waals surface area contributed by atoms with Gasteiger partial charge in [-0.2, -0.15) is 0 Å². The van der Waals surface area contributed by atoms with Gasteiger partial charge in [0.1, 0.15) is 0 Å². The fraction of sp³-hybridized carbons (Fsp3) is 0.647. The second kappa shape index (κ2) is 5.64. The lowest BCUT2D eigenvalue weighted by Gasteiger charge is -2.34. The Morgan fingerprint density at radius 1 is 1.11 bits per heavy atom. The molecule has 0 radical (unpaired) electrons. The van der Waals surface area contributed by atoms with E-state index in [4.69, 9.17) is 0 Å². The Bertz CT molecular complexity index is 399. The van der Waals surface area contributed by atoms with Crippen molar-refractivity contribution in [1.82, 2.24) is 5.32 Å². The maximum Gasteiger partial charge on any atom is 0.0499 e. The van der Waals surface area contributed by atoms with Gasteiger partial charge in [-0.25, -0.2) is 0 Å². The molecule has 2 aliphatic rings. The molecule has 2 aliphatic carbocycles. The van der Waals surface area contributed by atoms with Gasteiger partial charge in [-0.1, -0.05) is 43.2 Å². The number of nitrogens with one attached hydrogen (secondary N) is 1. The maximum absolute atomic E-state index is 9.43.